The summed E-state index contributed by atoms with van der Waals surface area (Å²) in [5.74, 6) is -0.901. The third kappa shape index (κ3) is 3.13. The van der Waals surface area contributed by atoms with Crippen LogP contribution in [0, 0.1) is 0 Å². The molecule has 3 aromatic rings. The van der Waals surface area contributed by atoms with Gasteiger partial charge in [-0.05, 0) is 40.2 Å². The number of benzene rings is 1. The van der Waals surface area contributed by atoms with E-state index in [9.17, 15) is 14.4 Å². The van der Waals surface area contributed by atoms with Crippen LogP contribution in [0.3, 0.4) is 0 Å². The van der Waals surface area contributed by atoms with Crippen LogP contribution in [0.5, 0.6) is 0 Å². The minimum Gasteiger partial charge on any atom is -0.295 e. The van der Waals surface area contributed by atoms with Gasteiger partial charge in [0, 0.05) is 7.05 Å². The number of carbonyl (C=O) groups is 2. The zero-order valence-electron chi connectivity index (χ0n) is 12.6. The zero-order valence-corrected chi connectivity index (χ0v) is 15.0. The van der Waals surface area contributed by atoms with E-state index in [0.717, 1.165) is 9.30 Å². The van der Waals surface area contributed by atoms with E-state index < -0.39 is 11.8 Å². The van der Waals surface area contributed by atoms with E-state index >= 15 is 0 Å². The monoisotopic (exact) mass is 408 g/mol. The summed E-state index contributed by atoms with van der Waals surface area (Å²) in [6.45, 7) is -0.186. The maximum absolute atomic E-state index is 12.2. The van der Waals surface area contributed by atoms with Crippen LogP contribution in [0.15, 0.2) is 45.0 Å². The van der Waals surface area contributed by atoms with Gasteiger partial charge in [0.05, 0.1) is 19.7 Å². The average molecular weight is 409 g/mol. The molecule has 9 heteroatoms. The maximum Gasteiger partial charge on any atom is 0.329 e. The second-order valence-electron chi connectivity index (χ2n) is 5.02. The molecule has 0 aliphatic rings. The minimum atomic E-state index is -0.488. The molecule has 7 nitrogen and oxygen atoms in total. The molecule has 0 unspecified atom stereocenters. The number of aryl methyl sites for hydroxylation is 1. The van der Waals surface area contributed by atoms with Crippen LogP contribution in [0.4, 0.5) is 0 Å². The van der Waals surface area contributed by atoms with E-state index in [4.69, 9.17) is 0 Å². The fourth-order valence-corrected chi connectivity index (χ4v) is 3.60. The lowest BCUT2D eigenvalue weighted by molar-refractivity contribution is -0.122. The van der Waals surface area contributed by atoms with Gasteiger partial charge in [0.15, 0.2) is 0 Å². The molecule has 0 bridgehead atoms. The lowest BCUT2D eigenvalue weighted by Gasteiger charge is -2.07. The Balaban J connectivity index is 1.71. The number of hydrogen-bond donors (Lipinski definition) is 2. The minimum absolute atomic E-state index is 0.186. The van der Waals surface area contributed by atoms with E-state index in [0.29, 0.717) is 10.4 Å². The molecule has 0 atom stereocenters. The van der Waals surface area contributed by atoms with Crippen molar-refractivity contribution in [3.63, 3.8) is 0 Å². The van der Waals surface area contributed by atoms with Gasteiger partial charge in [-0.3, -0.25) is 29.6 Å². The van der Waals surface area contributed by atoms with Crippen LogP contribution in [-0.2, 0) is 18.4 Å². The first-order valence-corrected chi connectivity index (χ1v) is 8.57. The van der Waals surface area contributed by atoms with Crippen LogP contribution in [0.2, 0.25) is 0 Å². The van der Waals surface area contributed by atoms with Gasteiger partial charge in [0.25, 0.3) is 11.8 Å². The van der Waals surface area contributed by atoms with Gasteiger partial charge in [-0.15, -0.1) is 11.3 Å². The predicted octanol–water partition coefficient (Wildman–Crippen LogP) is 1.63. The van der Waals surface area contributed by atoms with Crippen molar-refractivity contribution in [2.75, 3.05) is 0 Å². The molecule has 0 fully saturated rings. The van der Waals surface area contributed by atoms with Crippen LogP contribution in [-0.4, -0.2) is 20.9 Å². The van der Waals surface area contributed by atoms with Gasteiger partial charge in [0.1, 0.15) is 6.54 Å². The third-order valence-electron chi connectivity index (χ3n) is 3.47. The molecule has 1 aromatic carbocycles. The molecular formula is C15H13BrN4O3S. The molecule has 0 saturated carbocycles. The Kier molecular flexibility index (Phi) is 4.54. The van der Waals surface area contributed by atoms with Gasteiger partial charge >= 0.3 is 5.69 Å². The van der Waals surface area contributed by atoms with Crippen LogP contribution in [0.1, 0.15) is 9.67 Å². The first-order valence-electron chi connectivity index (χ1n) is 6.96. The molecule has 0 saturated heterocycles. The highest BCUT2D eigenvalue weighted by molar-refractivity contribution is 9.11. The topological polar surface area (TPSA) is 85.1 Å². The number of hydrogen-bond acceptors (Lipinski definition) is 4. The lowest BCUT2D eigenvalue weighted by atomic mass is 10.3. The molecule has 24 heavy (non-hydrogen) atoms. The molecule has 0 spiro atoms. The average Bonchev–Trinajstić information content (AvgIpc) is 3.11. The number of halogens is 1. The lowest BCUT2D eigenvalue weighted by Crippen LogP contribution is -2.44. The summed E-state index contributed by atoms with van der Waals surface area (Å²) >= 11 is 4.52. The Hall–Kier alpha value is -2.39. The van der Waals surface area contributed by atoms with E-state index in [2.05, 4.69) is 26.8 Å². The first-order chi connectivity index (χ1) is 11.5. The summed E-state index contributed by atoms with van der Waals surface area (Å²) < 4.78 is 3.66. The Bertz CT molecular complexity index is 988. The van der Waals surface area contributed by atoms with Crippen molar-refractivity contribution >= 4 is 50.1 Å². The number of carbonyl (C=O) groups excluding carboxylic acids is 2. The van der Waals surface area contributed by atoms with E-state index in [1.54, 1.807) is 31.3 Å². The standard InChI is InChI=1S/C15H13BrN4O3S/c1-19-9-4-2-3-5-10(9)20(15(19)23)8-13(21)17-18-14(22)11-6-7-12(16)24-11/h2-7H,8H2,1H3,(H,17,21)(H,18,22). The van der Waals surface area contributed by atoms with Crippen molar-refractivity contribution in [2.45, 2.75) is 6.54 Å². The van der Waals surface area contributed by atoms with Gasteiger partial charge in [0.2, 0.25) is 0 Å². The second kappa shape index (κ2) is 6.62. The highest BCUT2D eigenvalue weighted by Crippen LogP contribution is 2.21. The molecule has 0 aliphatic carbocycles. The number of aromatic nitrogens is 2. The first kappa shape index (κ1) is 16.5. The van der Waals surface area contributed by atoms with Gasteiger partial charge in [-0.25, -0.2) is 4.79 Å². The molecule has 2 amide bonds. The van der Waals surface area contributed by atoms with Crippen LogP contribution >= 0.6 is 27.3 Å². The Morgan fingerprint density at radius 3 is 2.50 bits per heavy atom. The van der Waals surface area contributed by atoms with Crippen molar-refractivity contribution < 1.29 is 9.59 Å². The normalized spacial score (nSPS) is 10.8. The van der Waals surface area contributed by atoms with Crippen LogP contribution in [0.25, 0.3) is 11.0 Å². The van der Waals surface area contributed by atoms with E-state index in [-0.39, 0.29) is 12.2 Å². The number of para-hydroxylation sites is 2. The van der Waals surface area contributed by atoms with Crippen molar-refractivity contribution in [1.29, 1.82) is 0 Å². The number of amides is 2. The van der Waals surface area contributed by atoms with Gasteiger partial charge in [-0.1, -0.05) is 12.1 Å². The molecule has 2 N–H and O–H groups in total. The number of thiophene rings is 1. The van der Waals surface area contributed by atoms with Crippen molar-refractivity contribution in [1.82, 2.24) is 20.0 Å². The largest absolute Gasteiger partial charge is 0.329 e. The van der Waals surface area contributed by atoms with Crippen molar-refractivity contribution in [3.05, 3.63) is 55.5 Å². The number of nitrogens with one attached hydrogen (secondary N) is 2. The Morgan fingerprint density at radius 1 is 1.12 bits per heavy atom. The van der Waals surface area contributed by atoms with Crippen LogP contribution < -0.4 is 16.5 Å². The van der Waals surface area contributed by atoms with Crippen molar-refractivity contribution in [2.24, 2.45) is 7.05 Å². The van der Waals surface area contributed by atoms with E-state index in [1.165, 1.54) is 20.5 Å². The zero-order chi connectivity index (χ0) is 17.3. The molecule has 124 valence electrons. The number of imidazole rings is 1. The summed E-state index contributed by atoms with van der Waals surface area (Å²) in [7, 11) is 1.65. The second-order valence-corrected chi connectivity index (χ2v) is 7.49. The number of rotatable bonds is 3. The molecular weight excluding hydrogens is 396 g/mol. The quantitative estimate of drug-likeness (QED) is 0.645. The smallest absolute Gasteiger partial charge is 0.295 e. The highest BCUT2D eigenvalue weighted by atomic mass is 79.9. The summed E-state index contributed by atoms with van der Waals surface area (Å²) in [6.07, 6.45) is 0. The fourth-order valence-electron chi connectivity index (χ4n) is 2.32. The predicted molar refractivity (Wildman–Crippen MR) is 94.8 cm³/mol. The summed E-state index contributed by atoms with van der Waals surface area (Å²) in [4.78, 5) is 36.7. The molecule has 0 radical (unpaired) electrons. The van der Waals surface area contributed by atoms with E-state index in [1.807, 2.05) is 12.1 Å². The van der Waals surface area contributed by atoms with Crippen molar-refractivity contribution in [3.8, 4) is 0 Å². The highest BCUT2D eigenvalue weighted by Gasteiger charge is 2.14. The molecule has 2 heterocycles. The Morgan fingerprint density at radius 2 is 1.83 bits per heavy atom. The summed E-state index contributed by atoms with van der Waals surface area (Å²) in [6, 6.07) is 10.6. The Labute approximate surface area is 149 Å². The third-order valence-corrected chi connectivity index (χ3v) is 5.09. The maximum atomic E-state index is 12.2. The molecule has 3 rings (SSSR count). The molecule has 2 aromatic heterocycles. The summed E-state index contributed by atoms with van der Waals surface area (Å²) in [5.41, 5.74) is 5.77. The fraction of sp³-hybridized carbons (Fsp3) is 0.133. The molecule has 0 aliphatic heterocycles. The number of hydrazine groups is 1. The van der Waals surface area contributed by atoms with Gasteiger partial charge < -0.3 is 0 Å². The number of nitrogens with zero attached hydrogens (tertiary/aromatic N) is 2. The SMILES string of the molecule is Cn1c(=O)n(CC(=O)NNC(=O)c2ccc(Br)s2)c2ccccc21. The summed E-state index contributed by atoms with van der Waals surface area (Å²) in [5, 5.41) is 0. The number of fused-ring (bicyclic) bond motifs is 1. The van der Waals surface area contributed by atoms with Gasteiger partial charge in [-0.2, -0.15) is 0 Å².